The van der Waals surface area contributed by atoms with E-state index in [2.05, 4.69) is 26.8 Å². The zero-order valence-electron chi connectivity index (χ0n) is 23.4. The maximum Gasteiger partial charge on any atom is 0.140 e. The molecule has 0 spiro atoms. The number of carbonyl (C=O) groups excluding carboxylic acids is 1. The molecule has 0 amide bonds. The van der Waals surface area contributed by atoms with Gasteiger partial charge in [-0.1, -0.05) is 39.3 Å². The normalized spacial score (nSPS) is 50.8. The number of ether oxygens (including phenoxy) is 1. The average molecular weight is 491 g/mol. The number of Topliss-reactive ketones (excluding diaryl/α,β-unsaturated/α-hetero) is 1. The summed E-state index contributed by atoms with van der Waals surface area (Å²) in [4.78, 5) is 13.1. The Morgan fingerprint density at radius 2 is 1.60 bits per heavy atom. The van der Waals surface area contributed by atoms with Gasteiger partial charge in [0.2, 0.25) is 0 Å². The zero-order valence-corrected chi connectivity index (χ0v) is 23.4. The predicted octanol–water partition coefficient (Wildman–Crippen LogP) is 5.20. The third kappa shape index (κ3) is 4.57. The van der Waals surface area contributed by atoms with Gasteiger partial charge in [-0.15, -0.1) is 0 Å². The lowest BCUT2D eigenvalue weighted by Gasteiger charge is -2.56. The number of fused-ring (bicyclic) bond motifs is 2. The highest BCUT2D eigenvalue weighted by Gasteiger charge is 2.57. The van der Waals surface area contributed by atoms with E-state index < -0.39 is 22.9 Å². The number of hydrogen-bond donors (Lipinski definition) is 3. The van der Waals surface area contributed by atoms with Gasteiger partial charge in [-0.3, -0.25) is 4.79 Å². The van der Waals surface area contributed by atoms with Gasteiger partial charge in [0, 0.05) is 18.3 Å². The lowest BCUT2D eigenvalue weighted by molar-refractivity contribution is -0.204. The van der Waals surface area contributed by atoms with Crippen molar-refractivity contribution in [1.82, 2.24) is 0 Å². The first-order valence-corrected chi connectivity index (χ1v) is 14.0. The topological polar surface area (TPSA) is 87.0 Å². The summed E-state index contributed by atoms with van der Waals surface area (Å²) >= 11 is 0. The maximum atomic E-state index is 13.1. The van der Waals surface area contributed by atoms with Gasteiger partial charge in [-0.25, -0.2) is 0 Å². The van der Waals surface area contributed by atoms with Crippen LogP contribution in [0.1, 0.15) is 107 Å². The van der Waals surface area contributed by atoms with E-state index in [-0.39, 0.29) is 46.4 Å². The standard InChI is InChI=1S/C30H50O5/c1-18-19(25-20(17-21(18)31)29(7,33)16-15-26(25,2)3)9-10-22-28(6)13-11-23(32)27(4,5)35-24(28)12-14-30(22,8)34/h9,18,20,22-25,32-34H,10-17H2,1-8H3/t18-,20-,22-,23-,24-,25+,28-,29-,30-/m0/s1. The quantitative estimate of drug-likeness (QED) is 0.463. The maximum absolute atomic E-state index is 13.1. The van der Waals surface area contributed by atoms with Crippen LogP contribution in [0, 0.1) is 34.5 Å². The Bertz CT molecular complexity index is 868. The molecule has 5 nitrogen and oxygen atoms in total. The highest BCUT2D eigenvalue weighted by atomic mass is 16.5. The van der Waals surface area contributed by atoms with E-state index >= 15 is 0 Å². The van der Waals surface area contributed by atoms with Crippen molar-refractivity contribution in [3.05, 3.63) is 11.6 Å². The third-order valence-corrected chi connectivity index (χ3v) is 11.1. The molecule has 0 radical (unpaired) electrons. The van der Waals surface area contributed by atoms with Crippen molar-refractivity contribution in [3.63, 3.8) is 0 Å². The van der Waals surface area contributed by atoms with Crippen molar-refractivity contribution in [3.8, 4) is 0 Å². The van der Waals surface area contributed by atoms with Crippen molar-refractivity contribution in [2.75, 3.05) is 0 Å². The van der Waals surface area contributed by atoms with Crippen LogP contribution in [-0.4, -0.2) is 50.1 Å². The van der Waals surface area contributed by atoms with Gasteiger partial charge in [-0.05, 0) is 95.3 Å². The van der Waals surface area contributed by atoms with Crippen LogP contribution < -0.4 is 0 Å². The first-order chi connectivity index (χ1) is 15.9. The fraction of sp³-hybridized carbons (Fsp3) is 0.900. The molecule has 0 aromatic heterocycles. The molecule has 9 atom stereocenters. The van der Waals surface area contributed by atoms with E-state index in [1.54, 1.807) is 0 Å². The molecule has 4 fully saturated rings. The Morgan fingerprint density at radius 1 is 0.943 bits per heavy atom. The number of ketones is 1. The molecule has 1 saturated heterocycles. The second kappa shape index (κ2) is 8.64. The van der Waals surface area contributed by atoms with Crippen LogP contribution in [0.25, 0.3) is 0 Å². The SMILES string of the molecule is C[C@@H]1C(=O)C[C@H]2[C@@H](C1=CC[C@H]1[C@]3(C)CC[C@H](O)C(C)(C)O[C@H]3CC[C@]1(C)O)C(C)(C)CC[C@]2(C)O. The van der Waals surface area contributed by atoms with Gasteiger partial charge in [0.15, 0.2) is 0 Å². The third-order valence-electron chi connectivity index (χ3n) is 11.1. The molecule has 1 heterocycles. The fourth-order valence-corrected chi connectivity index (χ4v) is 8.40. The van der Waals surface area contributed by atoms with Crippen LogP contribution in [0.15, 0.2) is 11.6 Å². The first-order valence-electron chi connectivity index (χ1n) is 14.0. The number of rotatable bonds is 2. The minimum absolute atomic E-state index is 0.00871. The lowest BCUT2D eigenvalue weighted by atomic mass is 9.50. The van der Waals surface area contributed by atoms with Gasteiger partial charge in [-0.2, -0.15) is 0 Å². The highest BCUT2D eigenvalue weighted by molar-refractivity contribution is 5.85. The summed E-state index contributed by atoms with van der Waals surface area (Å²) in [5, 5.41) is 33.7. The Labute approximate surface area is 212 Å². The van der Waals surface area contributed by atoms with Gasteiger partial charge in [0.05, 0.1) is 29.0 Å². The summed E-state index contributed by atoms with van der Waals surface area (Å²) in [7, 11) is 0. The molecule has 200 valence electrons. The Kier molecular flexibility index (Phi) is 6.74. The van der Waals surface area contributed by atoms with Crippen molar-refractivity contribution in [2.24, 2.45) is 34.5 Å². The monoisotopic (exact) mass is 490 g/mol. The van der Waals surface area contributed by atoms with E-state index in [0.717, 1.165) is 31.3 Å². The van der Waals surface area contributed by atoms with Crippen molar-refractivity contribution >= 4 is 5.78 Å². The molecular formula is C30H50O5. The van der Waals surface area contributed by atoms with Crippen LogP contribution in [0.4, 0.5) is 0 Å². The molecule has 5 heteroatoms. The predicted molar refractivity (Wildman–Crippen MR) is 138 cm³/mol. The van der Waals surface area contributed by atoms with Crippen LogP contribution >= 0.6 is 0 Å². The zero-order chi connectivity index (χ0) is 26.2. The number of allylic oxidation sites excluding steroid dienone is 2. The average Bonchev–Trinajstić information content (AvgIpc) is 2.82. The molecule has 3 N–H and O–H groups in total. The van der Waals surface area contributed by atoms with E-state index in [9.17, 15) is 20.1 Å². The fourth-order valence-electron chi connectivity index (χ4n) is 8.40. The molecule has 1 aliphatic heterocycles. The second-order valence-corrected chi connectivity index (χ2v) is 14.5. The largest absolute Gasteiger partial charge is 0.390 e. The molecular weight excluding hydrogens is 440 g/mol. The summed E-state index contributed by atoms with van der Waals surface area (Å²) in [5.41, 5.74) is -1.40. The summed E-state index contributed by atoms with van der Waals surface area (Å²) in [6.45, 7) is 16.6. The number of carbonyl (C=O) groups is 1. The van der Waals surface area contributed by atoms with Crippen LogP contribution in [0.3, 0.4) is 0 Å². The van der Waals surface area contributed by atoms with Gasteiger partial charge < -0.3 is 20.1 Å². The van der Waals surface area contributed by atoms with Crippen molar-refractivity contribution in [2.45, 2.75) is 136 Å². The Hall–Kier alpha value is -0.750. The van der Waals surface area contributed by atoms with Crippen LogP contribution in [0.5, 0.6) is 0 Å². The molecule has 0 unspecified atom stereocenters. The first kappa shape index (κ1) is 27.3. The van der Waals surface area contributed by atoms with Crippen LogP contribution in [-0.2, 0) is 9.53 Å². The number of hydrogen-bond acceptors (Lipinski definition) is 5. The van der Waals surface area contributed by atoms with Crippen molar-refractivity contribution in [1.29, 1.82) is 0 Å². The number of aliphatic hydroxyl groups excluding tert-OH is 1. The molecule has 0 aromatic rings. The molecule has 0 aromatic carbocycles. The van der Waals surface area contributed by atoms with Crippen LogP contribution in [0.2, 0.25) is 0 Å². The Morgan fingerprint density at radius 3 is 2.26 bits per heavy atom. The lowest BCUT2D eigenvalue weighted by Crippen LogP contribution is -2.56. The van der Waals surface area contributed by atoms with Gasteiger partial charge >= 0.3 is 0 Å². The molecule has 4 rings (SSSR count). The van der Waals surface area contributed by atoms with E-state index in [1.807, 2.05) is 34.6 Å². The summed E-state index contributed by atoms with van der Waals surface area (Å²) < 4.78 is 6.55. The molecule has 35 heavy (non-hydrogen) atoms. The van der Waals surface area contributed by atoms with E-state index in [1.165, 1.54) is 0 Å². The van der Waals surface area contributed by atoms with Gasteiger partial charge in [0.1, 0.15) is 5.78 Å². The molecule has 3 aliphatic carbocycles. The van der Waals surface area contributed by atoms with Crippen molar-refractivity contribution < 1.29 is 24.9 Å². The number of aliphatic hydroxyl groups is 3. The second-order valence-electron chi connectivity index (χ2n) is 14.5. The van der Waals surface area contributed by atoms with E-state index in [4.69, 9.17) is 4.74 Å². The summed E-state index contributed by atoms with van der Waals surface area (Å²) in [6, 6.07) is 0. The highest BCUT2D eigenvalue weighted by Crippen LogP contribution is 2.58. The molecule has 0 bridgehead atoms. The minimum atomic E-state index is -0.847. The summed E-state index contributed by atoms with van der Waals surface area (Å²) in [6.07, 6.45) is 7.38. The minimum Gasteiger partial charge on any atom is -0.390 e. The van der Waals surface area contributed by atoms with E-state index in [0.29, 0.717) is 25.7 Å². The molecule has 4 aliphatic rings. The molecule has 3 saturated carbocycles. The summed E-state index contributed by atoms with van der Waals surface area (Å²) in [5.74, 6) is 0.110. The Balaban J connectivity index is 1.72. The van der Waals surface area contributed by atoms with Gasteiger partial charge in [0.25, 0.3) is 0 Å². The smallest absolute Gasteiger partial charge is 0.140 e.